The molecule has 0 heterocycles. The smallest absolute Gasteiger partial charge is 0.0646 e. The molecule has 0 spiro atoms. The second-order valence-electron chi connectivity index (χ2n) is 4.65. The van der Waals surface area contributed by atoms with Crippen molar-refractivity contribution in [1.82, 2.24) is 0 Å². The molecule has 0 nitrogen and oxygen atoms in total. The fraction of sp³-hybridized carbons (Fsp3) is 0.538. The summed E-state index contributed by atoms with van der Waals surface area (Å²) < 4.78 is 0. The standard InChI is InChI=1S/C13H20S/c1-6-13(4,5)11-7-8-12(14)10(3)9(11)2/h7-8,14H,6H2,1-5H3/p+1. The molecule has 0 unspecified atom stereocenters. The van der Waals surface area contributed by atoms with Gasteiger partial charge in [-0.1, -0.05) is 26.8 Å². The molecule has 1 aromatic carbocycles. The zero-order chi connectivity index (χ0) is 10.9. The second kappa shape index (κ2) is 3.98. The molecule has 0 saturated heterocycles. The van der Waals surface area contributed by atoms with Crippen LogP contribution in [0.5, 0.6) is 0 Å². The van der Waals surface area contributed by atoms with Gasteiger partial charge in [0.15, 0.2) is 4.90 Å². The Hall–Kier alpha value is -0.430. The van der Waals surface area contributed by atoms with Crippen LogP contribution in [0.4, 0.5) is 0 Å². The van der Waals surface area contributed by atoms with Crippen LogP contribution >= 0.6 is 0 Å². The molecule has 1 heteroatoms. The molecule has 0 radical (unpaired) electrons. The van der Waals surface area contributed by atoms with Gasteiger partial charge >= 0.3 is 0 Å². The van der Waals surface area contributed by atoms with E-state index >= 15 is 0 Å². The second-order valence-corrected chi connectivity index (χ2v) is 5.19. The zero-order valence-electron chi connectivity index (χ0n) is 9.86. The molecule has 0 atom stereocenters. The van der Waals surface area contributed by atoms with E-state index in [1.54, 1.807) is 0 Å². The summed E-state index contributed by atoms with van der Waals surface area (Å²) in [5, 5.41) is 0. The van der Waals surface area contributed by atoms with Crippen molar-refractivity contribution >= 4 is 12.6 Å². The quantitative estimate of drug-likeness (QED) is 0.655. The Morgan fingerprint density at radius 2 is 1.71 bits per heavy atom. The molecule has 0 aromatic heterocycles. The maximum Gasteiger partial charge on any atom is 0.153 e. The third kappa shape index (κ3) is 1.98. The molecule has 0 aliphatic heterocycles. The van der Waals surface area contributed by atoms with Crippen LogP contribution in [0.3, 0.4) is 0 Å². The van der Waals surface area contributed by atoms with Crippen LogP contribution in [-0.4, -0.2) is 0 Å². The minimum Gasteiger partial charge on any atom is -0.0646 e. The van der Waals surface area contributed by atoms with E-state index in [9.17, 15) is 0 Å². The van der Waals surface area contributed by atoms with Gasteiger partial charge in [0.05, 0.1) is 0 Å². The fourth-order valence-corrected chi connectivity index (χ4v) is 2.02. The summed E-state index contributed by atoms with van der Waals surface area (Å²) in [5.41, 5.74) is 4.54. The highest BCUT2D eigenvalue weighted by Crippen LogP contribution is 2.31. The Bertz CT molecular complexity index is 337. The topological polar surface area (TPSA) is 0 Å². The van der Waals surface area contributed by atoms with Crippen molar-refractivity contribution in [1.29, 1.82) is 0 Å². The van der Waals surface area contributed by atoms with Crippen LogP contribution < -0.4 is 0 Å². The summed E-state index contributed by atoms with van der Waals surface area (Å²) in [7, 11) is 0. The highest BCUT2D eigenvalue weighted by Gasteiger charge is 2.21. The van der Waals surface area contributed by atoms with E-state index in [0.717, 1.165) is 0 Å². The highest BCUT2D eigenvalue weighted by atomic mass is 32.1. The van der Waals surface area contributed by atoms with Crippen molar-refractivity contribution in [3.8, 4) is 0 Å². The van der Waals surface area contributed by atoms with Gasteiger partial charge in [0, 0.05) is 5.56 Å². The highest BCUT2D eigenvalue weighted by molar-refractivity contribution is 7.58. The normalized spacial score (nSPS) is 11.9. The van der Waals surface area contributed by atoms with Crippen LogP contribution in [0.1, 0.15) is 43.9 Å². The summed E-state index contributed by atoms with van der Waals surface area (Å²) >= 11 is 3.62. The summed E-state index contributed by atoms with van der Waals surface area (Å²) in [5.74, 6) is 0. The van der Waals surface area contributed by atoms with Crippen LogP contribution in [0.25, 0.3) is 0 Å². The molecule has 1 aromatic rings. The third-order valence-corrected chi connectivity index (χ3v) is 3.94. The maximum atomic E-state index is 3.62. The lowest BCUT2D eigenvalue weighted by Gasteiger charge is -2.26. The lowest BCUT2D eigenvalue weighted by Crippen LogP contribution is -2.17. The first-order chi connectivity index (χ1) is 6.40. The molecule has 0 bridgehead atoms. The molecule has 1 rings (SSSR count). The molecule has 0 fully saturated rings. The van der Waals surface area contributed by atoms with Crippen molar-refractivity contribution in [2.45, 2.75) is 51.3 Å². The third-order valence-electron chi connectivity index (χ3n) is 3.40. The Labute approximate surface area is 93.1 Å². The van der Waals surface area contributed by atoms with E-state index in [2.05, 4.69) is 59.4 Å². The first-order valence-electron chi connectivity index (χ1n) is 5.22. The minimum absolute atomic E-state index is 0.286. The number of hydrogen-bond acceptors (Lipinski definition) is 0. The van der Waals surface area contributed by atoms with Crippen molar-refractivity contribution in [3.05, 3.63) is 28.8 Å². The molecule has 0 amide bonds. The van der Waals surface area contributed by atoms with Gasteiger partial charge in [-0.15, -0.1) is 0 Å². The van der Waals surface area contributed by atoms with Gasteiger partial charge in [-0.3, -0.25) is 0 Å². The molecular weight excluding hydrogens is 188 g/mol. The minimum atomic E-state index is 0.286. The van der Waals surface area contributed by atoms with Crippen molar-refractivity contribution in [2.24, 2.45) is 0 Å². The van der Waals surface area contributed by atoms with Gasteiger partial charge in [-0.2, -0.15) is 0 Å². The average molecular weight is 209 g/mol. The van der Waals surface area contributed by atoms with Crippen LogP contribution in [0.15, 0.2) is 17.0 Å². The maximum absolute atomic E-state index is 3.62. The average Bonchev–Trinajstić information content (AvgIpc) is 2.14. The van der Waals surface area contributed by atoms with Crippen LogP contribution in [0, 0.1) is 13.8 Å². The van der Waals surface area contributed by atoms with Gasteiger partial charge in [0.2, 0.25) is 0 Å². The first kappa shape index (κ1) is 11.6. The van der Waals surface area contributed by atoms with E-state index in [1.807, 2.05) is 0 Å². The van der Waals surface area contributed by atoms with Crippen molar-refractivity contribution in [2.75, 3.05) is 0 Å². The van der Waals surface area contributed by atoms with Crippen LogP contribution in [-0.2, 0) is 18.0 Å². The summed E-state index contributed by atoms with van der Waals surface area (Å²) in [6.45, 7) is 11.2. The van der Waals surface area contributed by atoms with Crippen LogP contribution in [0.2, 0.25) is 0 Å². The molecule has 14 heavy (non-hydrogen) atoms. The SMILES string of the molecule is CCC(C)(C)c1ccc([SH2+])c(C)c1C. The number of benzene rings is 1. The largest absolute Gasteiger partial charge is 0.153 e. The lowest BCUT2D eigenvalue weighted by molar-refractivity contribution is 0.502. The van der Waals surface area contributed by atoms with Gasteiger partial charge < -0.3 is 0 Å². The Balaban J connectivity index is 3.31. The molecular formula is C13H21S+. The van der Waals surface area contributed by atoms with E-state index in [4.69, 9.17) is 0 Å². The molecule has 78 valence electrons. The van der Waals surface area contributed by atoms with Gasteiger partial charge in [0.25, 0.3) is 0 Å². The summed E-state index contributed by atoms with van der Waals surface area (Å²) in [6.07, 6.45) is 1.17. The Morgan fingerprint density at radius 3 is 2.21 bits per heavy atom. The van der Waals surface area contributed by atoms with Crippen molar-refractivity contribution in [3.63, 3.8) is 0 Å². The molecule has 0 aliphatic rings. The summed E-state index contributed by atoms with van der Waals surface area (Å²) in [6, 6.07) is 4.40. The van der Waals surface area contributed by atoms with Crippen molar-refractivity contribution < 1.29 is 0 Å². The predicted octanol–water partition coefficient (Wildman–Crippen LogP) is 3.36. The monoisotopic (exact) mass is 209 g/mol. The fourth-order valence-electron chi connectivity index (χ4n) is 1.74. The van der Waals surface area contributed by atoms with Gasteiger partial charge in [0.1, 0.15) is 0 Å². The molecule has 0 saturated carbocycles. The Kier molecular flexibility index (Phi) is 3.31. The zero-order valence-corrected chi connectivity index (χ0v) is 10.9. The number of rotatable bonds is 2. The van der Waals surface area contributed by atoms with Gasteiger partial charge in [-0.05, 0) is 55.5 Å². The Morgan fingerprint density at radius 1 is 1.14 bits per heavy atom. The molecule has 0 aliphatic carbocycles. The van der Waals surface area contributed by atoms with Gasteiger partial charge in [-0.25, -0.2) is 0 Å². The number of hydrogen-bond donors (Lipinski definition) is 0. The van der Waals surface area contributed by atoms with E-state index < -0.39 is 0 Å². The molecule has 0 N–H and O–H groups in total. The lowest BCUT2D eigenvalue weighted by atomic mass is 9.79. The van der Waals surface area contributed by atoms with E-state index in [-0.39, 0.29) is 5.41 Å². The van der Waals surface area contributed by atoms with E-state index in [0.29, 0.717) is 0 Å². The predicted molar refractivity (Wildman–Crippen MR) is 67.7 cm³/mol. The van der Waals surface area contributed by atoms with E-state index in [1.165, 1.54) is 28.0 Å². The first-order valence-corrected chi connectivity index (χ1v) is 5.72. The summed E-state index contributed by atoms with van der Waals surface area (Å²) in [4.78, 5) is 1.21.